The number of nitrogens with zero attached hydrogens (tertiary/aromatic N) is 2. The number of para-hydroxylation sites is 3. The van der Waals surface area contributed by atoms with Crippen molar-refractivity contribution in [2.75, 3.05) is 6.61 Å². The highest BCUT2D eigenvalue weighted by molar-refractivity contribution is 5.76. The first-order chi connectivity index (χ1) is 10.8. The zero-order chi connectivity index (χ0) is 15.4. The first kappa shape index (κ1) is 14.6. The van der Waals surface area contributed by atoms with Crippen LogP contribution in [0.3, 0.4) is 0 Å². The lowest BCUT2D eigenvalue weighted by atomic mass is 10.2. The van der Waals surface area contributed by atoms with E-state index < -0.39 is 6.10 Å². The van der Waals surface area contributed by atoms with Gasteiger partial charge in [0.25, 0.3) is 0 Å². The number of aliphatic hydroxyl groups excluding tert-OH is 1. The van der Waals surface area contributed by atoms with E-state index in [0.29, 0.717) is 25.4 Å². The van der Waals surface area contributed by atoms with Gasteiger partial charge in [0.1, 0.15) is 24.3 Å². The third-order valence-electron chi connectivity index (χ3n) is 3.70. The second kappa shape index (κ2) is 6.62. The van der Waals surface area contributed by atoms with E-state index in [4.69, 9.17) is 4.74 Å². The normalized spacial score (nSPS) is 12.5. The molecule has 0 spiro atoms. The van der Waals surface area contributed by atoms with Gasteiger partial charge in [-0.1, -0.05) is 37.3 Å². The Bertz CT molecular complexity index is 737. The van der Waals surface area contributed by atoms with Crippen molar-refractivity contribution in [1.29, 1.82) is 0 Å². The number of benzene rings is 2. The maximum Gasteiger partial charge on any atom is 0.138 e. The van der Waals surface area contributed by atoms with Crippen molar-refractivity contribution in [3.63, 3.8) is 0 Å². The van der Waals surface area contributed by atoms with Crippen LogP contribution in [0, 0.1) is 0 Å². The summed E-state index contributed by atoms with van der Waals surface area (Å²) in [6, 6.07) is 17.7. The first-order valence-corrected chi connectivity index (χ1v) is 7.60. The second-order valence-electron chi connectivity index (χ2n) is 5.20. The van der Waals surface area contributed by atoms with Crippen LogP contribution in [-0.4, -0.2) is 21.3 Å². The summed E-state index contributed by atoms with van der Waals surface area (Å²) in [5, 5.41) is 10.2. The Kier molecular flexibility index (Phi) is 4.39. The molecule has 22 heavy (non-hydrogen) atoms. The van der Waals surface area contributed by atoms with Crippen LogP contribution in [0.15, 0.2) is 54.6 Å². The number of aromatic nitrogens is 2. The van der Waals surface area contributed by atoms with Gasteiger partial charge < -0.3 is 14.4 Å². The lowest BCUT2D eigenvalue weighted by Crippen LogP contribution is -2.13. The molecule has 0 saturated carbocycles. The lowest BCUT2D eigenvalue weighted by molar-refractivity contribution is 0.157. The summed E-state index contributed by atoms with van der Waals surface area (Å²) in [5.41, 5.74) is 1.94. The van der Waals surface area contributed by atoms with Crippen LogP contribution in [0.25, 0.3) is 11.0 Å². The molecule has 0 aliphatic carbocycles. The first-order valence-electron chi connectivity index (χ1n) is 7.60. The van der Waals surface area contributed by atoms with Crippen molar-refractivity contribution in [2.24, 2.45) is 0 Å². The maximum absolute atomic E-state index is 10.2. The van der Waals surface area contributed by atoms with Gasteiger partial charge in [-0.3, -0.25) is 0 Å². The fourth-order valence-electron chi connectivity index (χ4n) is 2.54. The molecule has 0 aliphatic rings. The number of aliphatic hydroxyl groups is 1. The lowest BCUT2D eigenvalue weighted by Gasteiger charge is -2.13. The summed E-state index contributed by atoms with van der Waals surface area (Å²) in [5.74, 6) is 1.56. The van der Waals surface area contributed by atoms with E-state index in [1.54, 1.807) is 0 Å². The Balaban J connectivity index is 1.82. The minimum atomic E-state index is -0.552. The highest BCUT2D eigenvalue weighted by Gasteiger charge is 2.16. The van der Waals surface area contributed by atoms with E-state index in [-0.39, 0.29) is 0 Å². The van der Waals surface area contributed by atoms with Gasteiger partial charge in [0, 0.05) is 0 Å². The van der Waals surface area contributed by atoms with Crippen LogP contribution in [-0.2, 0) is 6.54 Å². The fraction of sp³-hybridized carbons (Fsp3) is 0.278. The summed E-state index contributed by atoms with van der Waals surface area (Å²) in [4.78, 5) is 4.57. The molecular weight excluding hydrogens is 276 g/mol. The molecule has 1 N–H and O–H groups in total. The summed E-state index contributed by atoms with van der Waals surface area (Å²) >= 11 is 0. The fourth-order valence-corrected chi connectivity index (χ4v) is 2.54. The zero-order valence-electron chi connectivity index (χ0n) is 12.6. The average molecular weight is 296 g/mol. The van der Waals surface area contributed by atoms with Gasteiger partial charge in [-0.15, -0.1) is 0 Å². The van der Waals surface area contributed by atoms with Gasteiger partial charge in [0.15, 0.2) is 0 Å². The molecule has 4 nitrogen and oxygen atoms in total. The van der Waals surface area contributed by atoms with E-state index in [9.17, 15) is 5.11 Å². The van der Waals surface area contributed by atoms with Crippen molar-refractivity contribution in [1.82, 2.24) is 9.55 Å². The van der Waals surface area contributed by atoms with Crippen LogP contribution in [0.1, 0.15) is 25.3 Å². The number of fused-ring (bicyclic) bond motifs is 1. The molecule has 2 aromatic carbocycles. The molecule has 1 heterocycles. The number of hydrogen-bond donors (Lipinski definition) is 1. The van der Waals surface area contributed by atoms with Gasteiger partial charge in [-0.05, 0) is 30.7 Å². The van der Waals surface area contributed by atoms with Crippen molar-refractivity contribution in [3.8, 4) is 5.75 Å². The van der Waals surface area contributed by atoms with Crippen LogP contribution in [0.4, 0.5) is 0 Å². The van der Waals surface area contributed by atoms with Gasteiger partial charge in [-0.25, -0.2) is 4.98 Å². The topological polar surface area (TPSA) is 47.3 Å². The average Bonchev–Trinajstić information content (AvgIpc) is 2.94. The van der Waals surface area contributed by atoms with E-state index in [0.717, 1.165) is 16.8 Å². The van der Waals surface area contributed by atoms with E-state index >= 15 is 0 Å². The molecule has 114 valence electrons. The molecule has 0 amide bonds. The molecule has 3 aromatic rings. The summed E-state index contributed by atoms with van der Waals surface area (Å²) in [7, 11) is 0. The Labute approximate surface area is 130 Å². The standard InChI is InChI=1S/C18H20N2O2/c1-2-17(21)18-19-15-10-6-7-11-16(15)20(18)12-13-22-14-8-4-3-5-9-14/h3-11,17,21H,2,12-13H2,1H3/t17-/m0/s1. The number of rotatable bonds is 6. The Morgan fingerprint density at radius 3 is 2.59 bits per heavy atom. The second-order valence-corrected chi connectivity index (χ2v) is 5.20. The van der Waals surface area contributed by atoms with Gasteiger partial charge in [0.05, 0.1) is 17.6 Å². The zero-order valence-corrected chi connectivity index (χ0v) is 12.6. The Hall–Kier alpha value is -2.33. The van der Waals surface area contributed by atoms with Crippen molar-refractivity contribution in [2.45, 2.75) is 26.0 Å². The van der Waals surface area contributed by atoms with E-state index in [2.05, 4.69) is 4.98 Å². The molecule has 0 radical (unpaired) electrons. The van der Waals surface area contributed by atoms with Crippen molar-refractivity contribution < 1.29 is 9.84 Å². The molecule has 0 saturated heterocycles. The van der Waals surface area contributed by atoms with Crippen molar-refractivity contribution in [3.05, 3.63) is 60.4 Å². The minimum absolute atomic E-state index is 0.536. The molecule has 0 fully saturated rings. The largest absolute Gasteiger partial charge is 0.492 e. The maximum atomic E-state index is 10.2. The van der Waals surface area contributed by atoms with Crippen LogP contribution >= 0.6 is 0 Å². The van der Waals surface area contributed by atoms with Crippen molar-refractivity contribution >= 4 is 11.0 Å². The highest BCUT2D eigenvalue weighted by Crippen LogP contribution is 2.22. The van der Waals surface area contributed by atoms with Crippen LogP contribution in [0.2, 0.25) is 0 Å². The molecule has 3 rings (SSSR count). The minimum Gasteiger partial charge on any atom is -0.492 e. The quantitative estimate of drug-likeness (QED) is 0.756. The van der Waals surface area contributed by atoms with Gasteiger partial charge in [0.2, 0.25) is 0 Å². The molecule has 1 atom stereocenters. The van der Waals surface area contributed by atoms with Gasteiger partial charge >= 0.3 is 0 Å². The predicted molar refractivity (Wildman–Crippen MR) is 86.9 cm³/mol. The summed E-state index contributed by atoms with van der Waals surface area (Å²) in [6.45, 7) is 3.14. The smallest absolute Gasteiger partial charge is 0.138 e. The van der Waals surface area contributed by atoms with Gasteiger partial charge in [-0.2, -0.15) is 0 Å². The Morgan fingerprint density at radius 2 is 1.82 bits per heavy atom. The van der Waals surface area contributed by atoms with Crippen LogP contribution < -0.4 is 4.74 Å². The molecular formula is C18H20N2O2. The number of hydrogen-bond acceptors (Lipinski definition) is 3. The van der Waals surface area contributed by atoms with E-state index in [1.165, 1.54) is 0 Å². The molecule has 1 aromatic heterocycles. The number of imidazole rings is 1. The number of ether oxygens (including phenoxy) is 1. The molecule has 0 unspecified atom stereocenters. The van der Waals surface area contributed by atoms with E-state index in [1.807, 2.05) is 66.1 Å². The predicted octanol–water partition coefficient (Wildman–Crippen LogP) is 3.56. The third-order valence-corrected chi connectivity index (χ3v) is 3.70. The summed E-state index contributed by atoms with van der Waals surface area (Å²) in [6.07, 6.45) is 0.0900. The third kappa shape index (κ3) is 2.97. The highest BCUT2D eigenvalue weighted by atomic mass is 16.5. The SMILES string of the molecule is CC[C@H](O)c1nc2ccccc2n1CCOc1ccccc1. The monoisotopic (exact) mass is 296 g/mol. The molecule has 4 heteroatoms. The molecule has 0 bridgehead atoms. The Morgan fingerprint density at radius 1 is 1.09 bits per heavy atom. The molecule has 0 aliphatic heterocycles. The summed E-state index contributed by atoms with van der Waals surface area (Å²) < 4.78 is 7.81. The van der Waals surface area contributed by atoms with Crippen LogP contribution in [0.5, 0.6) is 5.75 Å².